The molecule has 0 radical (unpaired) electrons. The van der Waals surface area contributed by atoms with Crippen LogP contribution in [0.3, 0.4) is 0 Å². The van der Waals surface area contributed by atoms with Gasteiger partial charge in [0.05, 0.1) is 23.3 Å². The fourth-order valence-electron chi connectivity index (χ4n) is 21.2. The first kappa shape index (κ1) is 118. The zero-order valence-electron chi connectivity index (χ0n) is 88.5. The number of benzene rings is 10. The van der Waals surface area contributed by atoms with Crippen LogP contribution in [0.4, 0.5) is 0 Å². The van der Waals surface area contributed by atoms with Gasteiger partial charge in [0.15, 0.2) is 0 Å². The van der Waals surface area contributed by atoms with Crippen LogP contribution in [0.25, 0.3) is 90.6 Å². The summed E-state index contributed by atoms with van der Waals surface area (Å²) < 4.78 is 15.8. The number of rotatable bonds is 25. The molecule has 0 bridgehead atoms. The molecular weight excluding hydrogens is 2330 g/mol. The van der Waals surface area contributed by atoms with E-state index in [-0.39, 0.29) is 111 Å². The normalized spacial score (nSPS) is 16.1. The molecule has 10 aromatic carbocycles. The second-order valence-corrected chi connectivity index (χ2v) is 41.2. The molecule has 4 aliphatic carbocycles. The van der Waals surface area contributed by atoms with E-state index in [9.17, 15) is 0 Å². The van der Waals surface area contributed by atoms with Gasteiger partial charge in [0, 0.05) is 82.8 Å². The number of aromatic nitrogens is 8. The van der Waals surface area contributed by atoms with Crippen molar-refractivity contribution in [2.75, 3.05) is 0 Å². The van der Waals surface area contributed by atoms with Crippen molar-refractivity contribution in [2.24, 2.45) is 29.6 Å². The summed E-state index contributed by atoms with van der Waals surface area (Å²) in [7, 11) is 0. The summed E-state index contributed by atoms with van der Waals surface area (Å²) in [6.45, 7) is 48.9. The Hall–Kier alpha value is -8.52. The molecule has 18 rings (SSSR count). The minimum atomic E-state index is 0. The van der Waals surface area contributed by atoms with E-state index in [2.05, 4.69) is 358 Å². The molecule has 748 valence electrons. The number of nitrogens with zero attached hydrogens (tertiary/aromatic N) is 8. The van der Waals surface area contributed by atoms with Crippen molar-refractivity contribution in [3.05, 3.63) is 352 Å². The van der Waals surface area contributed by atoms with Gasteiger partial charge in [0.1, 0.15) is 0 Å². The molecule has 140 heavy (non-hydrogen) atoms. The van der Waals surface area contributed by atoms with Crippen molar-refractivity contribution in [1.82, 2.24) is 38.2 Å². The predicted molar refractivity (Wildman–Crippen MR) is 579 cm³/mol. The summed E-state index contributed by atoms with van der Waals surface area (Å²) in [6.07, 6.45) is 32.1. The van der Waals surface area contributed by atoms with Gasteiger partial charge >= 0.3 is 81.4 Å². The number of ether oxygens (including phenoxy) is 1. The molecular formula is C127H158N8OOsPt2Ru. The zero-order valence-corrected chi connectivity index (χ0v) is 97.4. The van der Waals surface area contributed by atoms with Crippen LogP contribution in [-0.4, -0.2) is 38.2 Å². The van der Waals surface area contributed by atoms with Gasteiger partial charge in [0.25, 0.3) is 0 Å². The Morgan fingerprint density at radius 1 is 0.314 bits per heavy atom. The Balaban J connectivity index is 0.000000314. The molecule has 0 unspecified atom stereocenters. The standard InChI is InChI=1S/C55H60N4.C53H56N4O.C10H20.C5H10.4CH3.Os.2Pt.Ru/c1-36(2)48-30-44(40-20-12-9-13-21-40)31-49(37(3)4)52(48)58-34-46(56-54(58)42-24-14-10-15-25-42)28-29-47-35-59(55(57-47)43-26-16-11-17-27-43)53-50(38(5)6)32-45(33-51(53)39(7)8)41-22-18-19-23-41;1-34(2)46-30-42(38-16-10-9-11-17-38)31-47(35(3)4)50(46)56-26-24-54-52(56)40-20-14-22-44(28-40)58-45-23-15-21-41(29-45)53-55-25-27-57(53)51-48(36(5)6)32-43(33-49(51)37(7)8)39-18-12-13-19-39;1-6-7(2)9(4)10(5)8(6)3;1-2-4-5-3-1;;;;;;;;/h9-17,20-21,24,26,30-39,41H,18-19,22-23,28-29H2,1-8H3;9-11,14-17,20-27,30-37,39H,12-13,18-19H2,1-8H3;6-10H,1-5H3;1-5H2;4*1H3;;;;/q2*-2;;;4*-1;4*+2. The number of hydrogen-bond acceptors (Lipinski definition) is 5. The van der Waals surface area contributed by atoms with Crippen molar-refractivity contribution < 1.29 is 86.1 Å². The monoisotopic (exact) mass is 2500 g/mol. The summed E-state index contributed by atoms with van der Waals surface area (Å²) in [5.74, 6) is 13.4. The van der Waals surface area contributed by atoms with Crippen LogP contribution < -0.4 is 4.74 Å². The molecule has 4 fully saturated rings. The first-order chi connectivity index (χ1) is 63.7. The molecule has 0 atom stereocenters. The maximum Gasteiger partial charge on any atom is 2.00 e. The number of hydrogen-bond donors (Lipinski definition) is 0. The number of imidazole rings is 4. The molecule has 4 heterocycles. The maximum atomic E-state index is 6.55. The molecule has 13 heteroatoms. The van der Waals surface area contributed by atoms with Crippen LogP contribution in [0.5, 0.6) is 11.5 Å². The van der Waals surface area contributed by atoms with E-state index in [0.29, 0.717) is 70.7 Å². The van der Waals surface area contributed by atoms with Gasteiger partial charge < -0.3 is 52.7 Å². The quantitative estimate of drug-likeness (QED) is 0.0421. The van der Waals surface area contributed by atoms with Crippen LogP contribution in [0, 0.1) is 83.6 Å². The van der Waals surface area contributed by atoms with Crippen molar-refractivity contribution in [2.45, 2.75) is 301 Å². The average molecular weight is 2490 g/mol. The van der Waals surface area contributed by atoms with E-state index in [4.69, 9.17) is 24.7 Å². The van der Waals surface area contributed by atoms with E-state index in [0.717, 1.165) is 99.4 Å². The summed E-state index contributed by atoms with van der Waals surface area (Å²) in [5, 5.41) is 0. The molecule has 0 saturated heterocycles. The SMILES string of the molecule is C1CCCC1.CC(C)c1cc(-c2ccccc2)cc(C(C)C)c1-n1cc(CCc2cn(-c3c(C(C)C)cc(C4CCCC4)cc3C(C)C)c(-c3[c-]cccc3)n2)nc1-c1[c-]cccc1.CC(C)c1cc(-c2ccccc2)cc(C(C)C)c1-n1ccnc1-c1[c-]c(Oc2[c-]c(-c3nccn3-c3c(C(C)C)cc(C4CCCC4)cc3C(C)C)ccc2)ccc1.CC1C(C)C(C)C(C)C1C.[CH3-].[CH3-].[CH3-].[CH3-].[Os+2].[Pt+2].[Pt+2].[Ru+2]. The largest absolute Gasteiger partial charge is 2.00 e. The molecule has 4 aliphatic rings. The van der Waals surface area contributed by atoms with Gasteiger partial charge in [-0.05, 0) is 229 Å². The van der Waals surface area contributed by atoms with Gasteiger partial charge in [-0.2, -0.15) is 0 Å². The zero-order chi connectivity index (χ0) is 93.1. The third-order valence-electron chi connectivity index (χ3n) is 29.5. The van der Waals surface area contributed by atoms with Gasteiger partial charge in [-0.25, -0.2) is 0 Å². The van der Waals surface area contributed by atoms with Gasteiger partial charge in [-0.15, -0.1) is 119 Å². The summed E-state index contributed by atoms with van der Waals surface area (Å²) in [4.78, 5) is 20.7. The fourth-order valence-corrected chi connectivity index (χ4v) is 21.2. The second kappa shape index (κ2) is 54.4. The van der Waals surface area contributed by atoms with E-state index >= 15 is 0 Å². The van der Waals surface area contributed by atoms with Crippen LogP contribution in [0.15, 0.2) is 231 Å². The van der Waals surface area contributed by atoms with E-state index < -0.39 is 0 Å². The molecule has 0 amide bonds. The summed E-state index contributed by atoms with van der Waals surface area (Å²) >= 11 is 0. The third kappa shape index (κ3) is 27.4. The molecule has 14 aromatic rings. The van der Waals surface area contributed by atoms with Crippen LogP contribution >= 0.6 is 0 Å². The van der Waals surface area contributed by atoms with Crippen molar-refractivity contribution in [3.63, 3.8) is 0 Å². The Morgan fingerprint density at radius 2 is 0.586 bits per heavy atom. The van der Waals surface area contributed by atoms with Crippen LogP contribution in [-0.2, 0) is 94.2 Å². The average Bonchev–Trinajstić information content (AvgIpc) is 1.58. The molecule has 4 aromatic heterocycles. The van der Waals surface area contributed by atoms with Crippen molar-refractivity contribution >= 4 is 0 Å². The van der Waals surface area contributed by atoms with E-state index in [1.165, 1.54) is 184 Å². The van der Waals surface area contributed by atoms with Gasteiger partial charge in [-0.1, -0.05) is 300 Å². The maximum absolute atomic E-state index is 6.55. The third-order valence-corrected chi connectivity index (χ3v) is 29.5. The molecule has 4 saturated carbocycles. The van der Waals surface area contributed by atoms with Crippen molar-refractivity contribution in [3.8, 4) is 102 Å². The fraction of sp³-hybridized carbons (Fsp3) is 0.402. The topological polar surface area (TPSA) is 80.5 Å². The number of aryl methyl sites for hydroxylation is 2. The van der Waals surface area contributed by atoms with Crippen LogP contribution in [0.2, 0.25) is 0 Å². The predicted octanol–water partition coefficient (Wildman–Crippen LogP) is 36.1. The minimum Gasteiger partial charge on any atom is -0.497 e. The van der Waals surface area contributed by atoms with Gasteiger partial charge in [0.2, 0.25) is 0 Å². The first-order valence-electron chi connectivity index (χ1n) is 50.4. The summed E-state index contributed by atoms with van der Waals surface area (Å²) in [6, 6.07) is 83.7. The van der Waals surface area contributed by atoms with E-state index in [1.54, 1.807) is 0 Å². The van der Waals surface area contributed by atoms with Crippen LogP contribution in [0.1, 0.15) is 355 Å². The molecule has 0 spiro atoms. The second-order valence-electron chi connectivity index (χ2n) is 41.2. The Labute approximate surface area is 901 Å². The smallest absolute Gasteiger partial charge is 0.497 e. The van der Waals surface area contributed by atoms with E-state index in [1.807, 2.05) is 60.9 Å². The Bertz CT molecular complexity index is 5970. The van der Waals surface area contributed by atoms with Gasteiger partial charge in [-0.3, -0.25) is 19.9 Å². The molecule has 0 N–H and O–H groups in total. The Morgan fingerprint density at radius 3 is 0.864 bits per heavy atom. The van der Waals surface area contributed by atoms with Crippen molar-refractivity contribution in [1.29, 1.82) is 0 Å². The Kier molecular flexibility index (Phi) is 46.0. The molecule has 0 aliphatic heterocycles. The minimum absolute atomic E-state index is 0. The first-order valence-corrected chi connectivity index (χ1v) is 50.4. The molecule has 9 nitrogen and oxygen atoms in total. The summed E-state index contributed by atoms with van der Waals surface area (Å²) in [5.41, 5.74) is 29.5.